The van der Waals surface area contributed by atoms with Gasteiger partial charge in [0.2, 0.25) is 5.88 Å². The second-order valence-corrected chi connectivity index (χ2v) is 8.84. The van der Waals surface area contributed by atoms with Gasteiger partial charge in [0.15, 0.2) is 0 Å². The number of benzene rings is 3. The summed E-state index contributed by atoms with van der Waals surface area (Å²) in [4.78, 5) is 8.93. The second kappa shape index (κ2) is 9.72. The van der Waals surface area contributed by atoms with Crippen molar-refractivity contribution in [1.29, 1.82) is 0 Å². The molecule has 0 aliphatic carbocycles. The van der Waals surface area contributed by atoms with Gasteiger partial charge in [0.05, 0.1) is 0 Å². The molecule has 0 saturated carbocycles. The molecule has 0 bridgehead atoms. The summed E-state index contributed by atoms with van der Waals surface area (Å²) < 4.78 is 8.20. The van der Waals surface area contributed by atoms with Crippen molar-refractivity contribution in [2.24, 2.45) is 0 Å². The van der Waals surface area contributed by atoms with Crippen molar-refractivity contribution in [3.63, 3.8) is 0 Å². The van der Waals surface area contributed by atoms with Gasteiger partial charge in [0.1, 0.15) is 5.82 Å². The molecule has 3 aromatic heterocycles. The standard InChI is InChI=1S/C31H23N3O.Pt/c1-20-10-11-28-26(16-20)27-17-22(3)25(19-29(27)34(28)30-8-4-6-12-32-30)23-14-21(2)15-24(18-23)35-31-9-5-7-13-33-31;/h4-17H,1-3H3;/q-2;+2. The van der Waals surface area contributed by atoms with Crippen LogP contribution < -0.4 is 4.74 Å². The molecule has 0 spiro atoms. The Hall–Kier alpha value is -3.75. The molecule has 4 nitrogen and oxygen atoms in total. The van der Waals surface area contributed by atoms with E-state index >= 15 is 0 Å². The van der Waals surface area contributed by atoms with Crippen molar-refractivity contribution in [3.8, 4) is 28.6 Å². The van der Waals surface area contributed by atoms with Crippen LogP contribution in [0.4, 0.5) is 0 Å². The summed E-state index contributed by atoms with van der Waals surface area (Å²) in [7, 11) is 0. The molecule has 3 aromatic carbocycles. The zero-order valence-corrected chi connectivity index (χ0v) is 22.4. The molecule has 0 amide bonds. The Labute approximate surface area is 224 Å². The molecule has 6 rings (SSSR count). The number of fused-ring (bicyclic) bond motifs is 3. The molecule has 0 aliphatic heterocycles. The fourth-order valence-corrected chi connectivity index (χ4v) is 4.60. The second-order valence-electron chi connectivity index (χ2n) is 8.84. The Morgan fingerprint density at radius 3 is 2.31 bits per heavy atom. The molecule has 5 heteroatoms. The fraction of sp³-hybridized carbons (Fsp3) is 0.0968. The Morgan fingerprint density at radius 2 is 1.56 bits per heavy atom. The predicted octanol–water partition coefficient (Wildman–Crippen LogP) is 7.56. The molecule has 0 aliphatic rings. The fourth-order valence-electron chi connectivity index (χ4n) is 4.60. The smallest absolute Gasteiger partial charge is 0.460 e. The van der Waals surface area contributed by atoms with Crippen LogP contribution in [-0.4, -0.2) is 14.5 Å². The van der Waals surface area contributed by atoms with Gasteiger partial charge in [-0.1, -0.05) is 55.1 Å². The van der Waals surface area contributed by atoms with E-state index < -0.39 is 0 Å². The first-order chi connectivity index (χ1) is 17.1. The van der Waals surface area contributed by atoms with Crippen LogP contribution in [0.1, 0.15) is 16.7 Å². The Morgan fingerprint density at radius 1 is 0.750 bits per heavy atom. The predicted molar refractivity (Wildman–Crippen MR) is 140 cm³/mol. The van der Waals surface area contributed by atoms with Crippen LogP contribution in [0.3, 0.4) is 0 Å². The number of aromatic nitrogens is 3. The minimum absolute atomic E-state index is 0. The zero-order valence-electron chi connectivity index (χ0n) is 20.1. The summed E-state index contributed by atoms with van der Waals surface area (Å²) in [6, 6.07) is 31.6. The van der Waals surface area contributed by atoms with Gasteiger partial charge in [-0.05, 0) is 42.1 Å². The van der Waals surface area contributed by atoms with E-state index in [2.05, 4.69) is 77.8 Å². The van der Waals surface area contributed by atoms with E-state index in [4.69, 9.17) is 4.74 Å². The van der Waals surface area contributed by atoms with E-state index in [-0.39, 0.29) is 21.1 Å². The number of nitrogens with zero attached hydrogens (tertiary/aromatic N) is 3. The van der Waals surface area contributed by atoms with E-state index in [9.17, 15) is 0 Å². The van der Waals surface area contributed by atoms with Crippen molar-refractivity contribution in [1.82, 2.24) is 14.5 Å². The number of pyridine rings is 2. The molecule has 178 valence electrons. The van der Waals surface area contributed by atoms with Crippen molar-refractivity contribution >= 4 is 21.8 Å². The van der Waals surface area contributed by atoms with Crippen LogP contribution in [0.15, 0.2) is 85.2 Å². The molecule has 0 fully saturated rings. The average Bonchev–Trinajstić information content (AvgIpc) is 3.16. The van der Waals surface area contributed by atoms with Crippen molar-refractivity contribution in [2.75, 3.05) is 0 Å². The summed E-state index contributed by atoms with van der Waals surface area (Å²) in [5.74, 6) is 2.05. The van der Waals surface area contributed by atoms with Gasteiger partial charge in [-0.3, -0.25) is 0 Å². The molecule has 3 heterocycles. The number of hydrogen-bond acceptors (Lipinski definition) is 3. The van der Waals surface area contributed by atoms with Crippen molar-refractivity contribution in [2.45, 2.75) is 20.8 Å². The van der Waals surface area contributed by atoms with E-state index in [1.54, 1.807) is 6.20 Å². The summed E-state index contributed by atoms with van der Waals surface area (Å²) in [5.41, 5.74) is 7.47. The summed E-state index contributed by atoms with van der Waals surface area (Å²) in [5, 5.41) is 2.36. The van der Waals surface area contributed by atoms with E-state index in [0.29, 0.717) is 11.6 Å². The third kappa shape index (κ3) is 4.34. The van der Waals surface area contributed by atoms with Crippen molar-refractivity contribution in [3.05, 3.63) is 114 Å². The molecule has 6 aromatic rings. The molecule has 0 saturated heterocycles. The first-order valence-electron chi connectivity index (χ1n) is 11.6. The molecule has 36 heavy (non-hydrogen) atoms. The maximum Gasteiger partial charge on any atom is 2.00 e. The largest absolute Gasteiger partial charge is 2.00 e. The van der Waals surface area contributed by atoms with E-state index in [0.717, 1.165) is 44.5 Å². The summed E-state index contributed by atoms with van der Waals surface area (Å²) in [6.07, 6.45) is 3.54. The Kier molecular flexibility index (Phi) is 6.47. The van der Waals surface area contributed by atoms with Crippen LogP contribution in [0.25, 0.3) is 38.8 Å². The monoisotopic (exact) mass is 648 g/mol. The van der Waals surface area contributed by atoms with Gasteiger partial charge in [-0.15, -0.1) is 17.7 Å². The third-order valence-electron chi connectivity index (χ3n) is 6.15. The Bertz CT molecular complexity index is 1690. The molecule has 0 atom stereocenters. The molecular formula is C31H23N3OPt. The van der Waals surface area contributed by atoms with Crippen LogP contribution in [0, 0.1) is 32.9 Å². The van der Waals surface area contributed by atoms with Gasteiger partial charge >= 0.3 is 21.1 Å². The van der Waals surface area contributed by atoms with E-state index in [1.165, 1.54) is 10.9 Å². The first-order valence-corrected chi connectivity index (χ1v) is 11.6. The van der Waals surface area contributed by atoms with Gasteiger partial charge in [0.25, 0.3) is 0 Å². The number of rotatable bonds is 4. The summed E-state index contributed by atoms with van der Waals surface area (Å²) in [6.45, 7) is 6.31. The SMILES string of the molecule is Cc1cc(Oc2ccccn2)[c-]c(-c2[c-]c3c(cc2C)c2cc(C)ccc2n3-c2ccccn2)c1.[Pt+2]. The normalized spacial score (nSPS) is 11.0. The number of ether oxygens (including phenoxy) is 1. The summed E-state index contributed by atoms with van der Waals surface area (Å²) >= 11 is 0. The number of hydrogen-bond donors (Lipinski definition) is 0. The minimum Gasteiger partial charge on any atom is -0.460 e. The van der Waals surface area contributed by atoms with Gasteiger partial charge in [0, 0.05) is 29.7 Å². The first kappa shape index (κ1) is 24.0. The Balaban J connectivity index is 0.00000267. The van der Waals surface area contributed by atoms with E-state index in [1.807, 2.05) is 48.7 Å². The van der Waals surface area contributed by atoms with Crippen molar-refractivity contribution < 1.29 is 25.8 Å². The van der Waals surface area contributed by atoms with Crippen LogP contribution in [0.5, 0.6) is 11.6 Å². The third-order valence-corrected chi connectivity index (χ3v) is 6.15. The average molecular weight is 649 g/mol. The maximum atomic E-state index is 6.01. The maximum absolute atomic E-state index is 6.01. The van der Waals surface area contributed by atoms with Crippen LogP contribution in [-0.2, 0) is 21.1 Å². The molecule has 0 radical (unpaired) electrons. The minimum atomic E-state index is 0. The quantitative estimate of drug-likeness (QED) is 0.185. The molecular weight excluding hydrogens is 625 g/mol. The molecule has 0 unspecified atom stereocenters. The van der Waals surface area contributed by atoms with Gasteiger partial charge in [-0.2, -0.15) is 17.7 Å². The zero-order chi connectivity index (χ0) is 23.9. The molecule has 0 N–H and O–H groups in total. The van der Waals surface area contributed by atoms with Gasteiger partial charge in [-0.25, -0.2) is 21.1 Å². The topological polar surface area (TPSA) is 39.9 Å². The van der Waals surface area contributed by atoms with Crippen LogP contribution >= 0.6 is 0 Å². The van der Waals surface area contributed by atoms with Crippen LogP contribution in [0.2, 0.25) is 0 Å². The van der Waals surface area contributed by atoms with Gasteiger partial charge < -0.3 is 9.30 Å². The number of aryl methyl sites for hydroxylation is 3.